The van der Waals surface area contributed by atoms with Gasteiger partial charge in [0.1, 0.15) is 5.54 Å². The average Bonchev–Trinajstić information content (AvgIpc) is 2.41. The van der Waals surface area contributed by atoms with Crippen LogP contribution >= 0.6 is 15.9 Å². The molecule has 0 aromatic heterocycles. The molecule has 2 rings (SSSR count). The minimum Gasteiger partial charge on any atom is -0.324 e. The fourth-order valence-corrected chi connectivity index (χ4v) is 2.23. The van der Waals surface area contributed by atoms with Crippen LogP contribution in [0.25, 0.3) is 0 Å². The average molecular weight is 297 g/mol. The van der Waals surface area contributed by atoms with Crippen LogP contribution in [0.1, 0.15) is 19.4 Å². The molecule has 1 N–H and O–H groups in total. The first-order valence-electron chi connectivity index (χ1n) is 5.29. The lowest BCUT2D eigenvalue weighted by molar-refractivity contribution is -0.130. The topological polar surface area (TPSA) is 49.4 Å². The number of carbonyl (C=O) groups excluding carboxylic acids is 2. The third-order valence-electron chi connectivity index (χ3n) is 2.67. The molecule has 3 amide bonds. The zero-order valence-corrected chi connectivity index (χ0v) is 11.2. The number of hydrogen-bond donors (Lipinski definition) is 1. The molecule has 17 heavy (non-hydrogen) atoms. The third kappa shape index (κ3) is 2.34. The second kappa shape index (κ2) is 4.14. The summed E-state index contributed by atoms with van der Waals surface area (Å²) < 4.78 is 0.932. The maximum absolute atomic E-state index is 12.0. The van der Waals surface area contributed by atoms with E-state index in [4.69, 9.17) is 0 Å². The summed E-state index contributed by atoms with van der Waals surface area (Å²) >= 11 is 3.36. The highest BCUT2D eigenvalue weighted by Gasteiger charge is 2.43. The van der Waals surface area contributed by atoms with Crippen LogP contribution in [0.15, 0.2) is 28.7 Å². The highest BCUT2D eigenvalue weighted by molar-refractivity contribution is 9.10. The first kappa shape index (κ1) is 12.1. The molecule has 1 heterocycles. The number of rotatable bonds is 2. The van der Waals surface area contributed by atoms with Crippen molar-refractivity contribution in [3.63, 3.8) is 0 Å². The van der Waals surface area contributed by atoms with Crippen LogP contribution in [0.4, 0.5) is 4.79 Å². The highest BCUT2D eigenvalue weighted by atomic mass is 79.9. The van der Waals surface area contributed by atoms with Gasteiger partial charge >= 0.3 is 6.03 Å². The van der Waals surface area contributed by atoms with Crippen LogP contribution in [0.5, 0.6) is 0 Å². The van der Waals surface area contributed by atoms with Gasteiger partial charge in [-0.3, -0.25) is 9.69 Å². The van der Waals surface area contributed by atoms with E-state index in [2.05, 4.69) is 21.2 Å². The maximum atomic E-state index is 12.0. The van der Waals surface area contributed by atoms with E-state index in [0.717, 1.165) is 10.0 Å². The van der Waals surface area contributed by atoms with Gasteiger partial charge in [-0.15, -0.1) is 0 Å². The minimum absolute atomic E-state index is 0.192. The number of carbonyl (C=O) groups is 2. The van der Waals surface area contributed by atoms with E-state index in [1.165, 1.54) is 4.90 Å². The fraction of sp³-hybridized carbons (Fsp3) is 0.333. The molecule has 5 heteroatoms. The van der Waals surface area contributed by atoms with E-state index in [-0.39, 0.29) is 11.9 Å². The Bertz CT molecular complexity index is 485. The number of halogens is 1. The van der Waals surface area contributed by atoms with Gasteiger partial charge in [0.05, 0.1) is 6.54 Å². The summed E-state index contributed by atoms with van der Waals surface area (Å²) in [6.07, 6.45) is 0. The monoisotopic (exact) mass is 296 g/mol. The molecule has 0 unspecified atom stereocenters. The number of nitrogens with one attached hydrogen (secondary N) is 1. The van der Waals surface area contributed by atoms with Gasteiger partial charge in [0.25, 0.3) is 5.91 Å². The SMILES string of the molecule is CC1(C)NC(=O)N(Cc2cccc(Br)c2)C1=O. The van der Waals surface area contributed by atoms with Crippen LogP contribution in [-0.4, -0.2) is 22.4 Å². The predicted molar refractivity (Wildman–Crippen MR) is 67.3 cm³/mol. The van der Waals surface area contributed by atoms with Gasteiger partial charge in [-0.25, -0.2) is 4.79 Å². The minimum atomic E-state index is -0.802. The first-order valence-corrected chi connectivity index (χ1v) is 6.08. The number of benzene rings is 1. The summed E-state index contributed by atoms with van der Waals surface area (Å²) in [5.41, 5.74) is 0.115. The number of urea groups is 1. The van der Waals surface area contributed by atoms with Crippen molar-refractivity contribution in [2.24, 2.45) is 0 Å². The Morgan fingerprint density at radius 3 is 2.59 bits per heavy atom. The summed E-state index contributed by atoms with van der Waals surface area (Å²) in [4.78, 5) is 24.9. The zero-order chi connectivity index (χ0) is 12.6. The molecule has 0 saturated carbocycles. The number of hydrogen-bond acceptors (Lipinski definition) is 2. The Morgan fingerprint density at radius 1 is 1.35 bits per heavy atom. The molecule has 0 atom stereocenters. The lowest BCUT2D eigenvalue weighted by Gasteiger charge is -2.16. The molecule has 4 nitrogen and oxygen atoms in total. The number of nitrogens with zero attached hydrogens (tertiary/aromatic N) is 1. The van der Waals surface area contributed by atoms with Crippen molar-refractivity contribution >= 4 is 27.9 Å². The summed E-state index contributed by atoms with van der Waals surface area (Å²) in [5, 5.41) is 2.65. The molecular formula is C12H13BrN2O2. The molecule has 1 aromatic rings. The molecule has 1 aliphatic rings. The van der Waals surface area contributed by atoms with Crippen molar-refractivity contribution in [1.29, 1.82) is 0 Å². The van der Waals surface area contributed by atoms with Gasteiger partial charge in [-0.05, 0) is 31.5 Å². The molecular weight excluding hydrogens is 284 g/mol. The molecule has 0 aliphatic carbocycles. The van der Waals surface area contributed by atoms with Crippen molar-refractivity contribution < 1.29 is 9.59 Å². The van der Waals surface area contributed by atoms with Crippen molar-refractivity contribution in [2.45, 2.75) is 25.9 Å². The first-order chi connectivity index (χ1) is 7.90. The van der Waals surface area contributed by atoms with Crippen molar-refractivity contribution in [1.82, 2.24) is 10.2 Å². The lowest BCUT2D eigenvalue weighted by Crippen LogP contribution is -2.40. The van der Waals surface area contributed by atoms with Crippen LogP contribution in [0.3, 0.4) is 0 Å². The van der Waals surface area contributed by atoms with Gasteiger partial charge in [0.2, 0.25) is 0 Å². The number of imide groups is 1. The van der Waals surface area contributed by atoms with Crippen molar-refractivity contribution in [3.05, 3.63) is 34.3 Å². The molecule has 1 saturated heterocycles. The Balaban J connectivity index is 2.20. The quantitative estimate of drug-likeness (QED) is 0.851. The fourth-order valence-electron chi connectivity index (χ4n) is 1.78. The number of amides is 3. The summed E-state index contributed by atoms with van der Waals surface area (Å²) in [6, 6.07) is 7.23. The molecule has 1 fully saturated rings. The molecule has 90 valence electrons. The van der Waals surface area contributed by atoms with E-state index in [1.807, 2.05) is 24.3 Å². The van der Waals surface area contributed by atoms with Crippen LogP contribution in [0.2, 0.25) is 0 Å². The van der Waals surface area contributed by atoms with E-state index < -0.39 is 5.54 Å². The zero-order valence-electron chi connectivity index (χ0n) is 9.66. The largest absolute Gasteiger partial charge is 0.325 e. The van der Waals surface area contributed by atoms with E-state index in [1.54, 1.807) is 13.8 Å². The van der Waals surface area contributed by atoms with Crippen molar-refractivity contribution in [3.8, 4) is 0 Å². The van der Waals surface area contributed by atoms with Gasteiger partial charge < -0.3 is 5.32 Å². The van der Waals surface area contributed by atoms with Crippen LogP contribution in [0, 0.1) is 0 Å². The van der Waals surface area contributed by atoms with Gasteiger partial charge in [0.15, 0.2) is 0 Å². The molecule has 1 aliphatic heterocycles. The van der Waals surface area contributed by atoms with Gasteiger partial charge in [-0.2, -0.15) is 0 Å². The smallest absolute Gasteiger partial charge is 0.324 e. The summed E-state index contributed by atoms with van der Waals surface area (Å²) in [5.74, 6) is -0.192. The second-order valence-corrected chi connectivity index (χ2v) is 5.49. The Kier molecular flexibility index (Phi) is 2.95. The molecule has 0 radical (unpaired) electrons. The van der Waals surface area contributed by atoms with E-state index in [9.17, 15) is 9.59 Å². The van der Waals surface area contributed by atoms with Crippen LogP contribution in [-0.2, 0) is 11.3 Å². The second-order valence-electron chi connectivity index (χ2n) is 4.58. The molecule has 0 bridgehead atoms. The van der Waals surface area contributed by atoms with Gasteiger partial charge in [0, 0.05) is 4.47 Å². The Morgan fingerprint density at radius 2 is 2.06 bits per heavy atom. The highest BCUT2D eigenvalue weighted by Crippen LogP contribution is 2.20. The van der Waals surface area contributed by atoms with E-state index >= 15 is 0 Å². The lowest BCUT2D eigenvalue weighted by atomic mass is 10.1. The van der Waals surface area contributed by atoms with Crippen molar-refractivity contribution in [2.75, 3.05) is 0 Å². The third-order valence-corrected chi connectivity index (χ3v) is 3.17. The standard InChI is InChI=1S/C12H13BrN2O2/c1-12(2)10(16)15(11(17)14-12)7-8-4-3-5-9(13)6-8/h3-6H,7H2,1-2H3,(H,14,17). The predicted octanol–water partition coefficient (Wildman–Crippen LogP) is 2.28. The summed E-state index contributed by atoms with van der Waals surface area (Å²) in [6.45, 7) is 3.70. The van der Waals surface area contributed by atoms with Gasteiger partial charge in [-0.1, -0.05) is 28.1 Å². The van der Waals surface area contributed by atoms with Crippen LogP contribution < -0.4 is 5.32 Å². The normalized spacial score (nSPS) is 18.4. The Labute approximate surface area is 108 Å². The van der Waals surface area contributed by atoms with E-state index in [0.29, 0.717) is 6.54 Å². The molecule has 1 aromatic carbocycles. The Hall–Kier alpha value is -1.36. The summed E-state index contributed by atoms with van der Waals surface area (Å²) in [7, 11) is 0. The maximum Gasteiger partial charge on any atom is 0.325 e. The molecule has 0 spiro atoms.